The number of cyclic esters (lactones) is 1. The Balaban J connectivity index is 2.61. The summed E-state index contributed by atoms with van der Waals surface area (Å²) < 4.78 is 8.80. The number of ether oxygens (including phenoxy) is 1. The number of rotatable bonds is 0. The van der Waals surface area contributed by atoms with Crippen molar-refractivity contribution in [2.75, 3.05) is 0 Å². The van der Waals surface area contributed by atoms with Gasteiger partial charge < -0.3 is 4.74 Å². The molecular weight excluding hydrogens is 124 g/mol. The van der Waals surface area contributed by atoms with Crippen molar-refractivity contribution < 1.29 is 14.2 Å². The van der Waals surface area contributed by atoms with Crippen molar-refractivity contribution in [3.8, 4) is 0 Å². The fourth-order valence-corrected chi connectivity index (χ4v) is 0.658. The highest BCUT2D eigenvalue weighted by Crippen LogP contribution is 2.13. The Bertz CT molecular complexity index is 254. The molecule has 0 radical (unpaired) electrons. The van der Waals surface area contributed by atoms with E-state index in [1.165, 1.54) is 0 Å². The molecule has 0 aromatic carbocycles. The molecule has 1 aromatic rings. The van der Waals surface area contributed by atoms with Gasteiger partial charge in [-0.1, -0.05) is 5.16 Å². The van der Waals surface area contributed by atoms with Crippen LogP contribution >= 0.6 is 0 Å². The average molecular weight is 126 g/mol. The van der Waals surface area contributed by atoms with Crippen molar-refractivity contribution in [2.45, 2.75) is 6.61 Å². The molecule has 0 unspecified atom stereocenters. The maximum absolute atomic E-state index is 10.5. The Morgan fingerprint density at radius 1 is 1.44 bits per heavy atom. The number of hydrogen-bond acceptors (Lipinski definition) is 5. The second-order valence-corrected chi connectivity index (χ2v) is 1.64. The fourth-order valence-electron chi connectivity index (χ4n) is 0.658. The van der Waals surface area contributed by atoms with Gasteiger partial charge in [-0.2, -0.15) is 0 Å². The van der Waals surface area contributed by atoms with Crippen molar-refractivity contribution >= 4 is 5.97 Å². The Kier molecular flexibility index (Phi) is 0.652. The first kappa shape index (κ1) is 4.49. The Hall–Kier alpha value is -1.39. The van der Waals surface area contributed by atoms with Crippen LogP contribution in [0.25, 0.3) is 0 Å². The van der Waals surface area contributed by atoms with Gasteiger partial charge in [0.2, 0.25) is 5.69 Å². The molecule has 0 atom stereocenters. The van der Waals surface area contributed by atoms with Crippen molar-refractivity contribution in [1.29, 1.82) is 0 Å². The lowest BCUT2D eigenvalue weighted by Crippen LogP contribution is -1.93. The number of esters is 1. The summed E-state index contributed by atoms with van der Waals surface area (Å²) in [6.45, 7) is 0.192. The van der Waals surface area contributed by atoms with Crippen molar-refractivity contribution in [3.63, 3.8) is 0 Å². The van der Waals surface area contributed by atoms with E-state index < -0.39 is 5.97 Å². The van der Waals surface area contributed by atoms with E-state index in [0.717, 1.165) is 0 Å². The van der Waals surface area contributed by atoms with Crippen LogP contribution in [0.5, 0.6) is 0 Å². The van der Waals surface area contributed by atoms with E-state index in [1.807, 2.05) is 0 Å². The zero-order valence-electron chi connectivity index (χ0n) is 4.33. The SMILES string of the molecule is O=C1OCc2nonc21. The van der Waals surface area contributed by atoms with Crippen LogP contribution in [0, 0.1) is 0 Å². The summed E-state index contributed by atoms with van der Waals surface area (Å²) in [6, 6.07) is 0. The summed E-state index contributed by atoms with van der Waals surface area (Å²) in [5.74, 6) is -0.453. The first-order valence-electron chi connectivity index (χ1n) is 2.36. The second-order valence-electron chi connectivity index (χ2n) is 1.64. The number of aromatic nitrogens is 2. The monoisotopic (exact) mass is 126 g/mol. The molecule has 0 amide bonds. The van der Waals surface area contributed by atoms with E-state index in [4.69, 9.17) is 0 Å². The molecule has 2 heterocycles. The molecule has 1 aromatic heterocycles. The summed E-state index contributed by atoms with van der Waals surface area (Å²) in [5.41, 5.74) is 0.690. The zero-order chi connectivity index (χ0) is 6.27. The molecule has 0 saturated carbocycles. The largest absolute Gasteiger partial charge is 0.454 e. The van der Waals surface area contributed by atoms with Crippen molar-refractivity contribution in [3.05, 3.63) is 11.4 Å². The molecule has 5 nitrogen and oxygen atoms in total. The van der Waals surface area contributed by atoms with Crippen LogP contribution in [0.15, 0.2) is 4.63 Å². The molecule has 0 spiro atoms. The predicted octanol–water partition coefficient (Wildman–Crippen LogP) is -0.260. The second kappa shape index (κ2) is 1.31. The molecule has 0 fully saturated rings. The number of nitrogens with zero attached hydrogens (tertiary/aromatic N) is 2. The lowest BCUT2D eigenvalue weighted by Gasteiger charge is -1.83. The fraction of sp³-hybridized carbons (Fsp3) is 0.250. The standard InChI is InChI=1S/C4H2N2O3/c7-4-3-2(1-8-4)5-9-6-3/h1H2. The maximum Gasteiger partial charge on any atom is 0.363 e. The van der Waals surface area contributed by atoms with Crippen LogP contribution in [0.3, 0.4) is 0 Å². The third kappa shape index (κ3) is 0.453. The normalized spacial score (nSPS) is 15.3. The number of hydrogen-bond donors (Lipinski definition) is 0. The molecule has 1 aliphatic heterocycles. The molecule has 9 heavy (non-hydrogen) atoms. The van der Waals surface area contributed by atoms with Gasteiger partial charge in [-0.15, -0.1) is 0 Å². The van der Waals surface area contributed by atoms with Crippen LogP contribution in [-0.4, -0.2) is 16.3 Å². The van der Waals surface area contributed by atoms with Gasteiger partial charge in [0.25, 0.3) is 0 Å². The summed E-state index contributed by atoms with van der Waals surface area (Å²) in [4.78, 5) is 10.5. The quantitative estimate of drug-likeness (QED) is 0.448. The Labute approximate surface area is 49.6 Å². The van der Waals surface area contributed by atoms with Crippen molar-refractivity contribution in [2.24, 2.45) is 0 Å². The van der Waals surface area contributed by atoms with Gasteiger partial charge in [0.1, 0.15) is 6.61 Å². The lowest BCUT2D eigenvalue weighted by molar-refractivity contribution is 0.0506. The molecule has 0 N–H and O–H groups in total. The molecule has 0 aliphatic carbocycles. The summed E-state index contributed by atoms with van der Waals surface area (Å²) in [7, 11) is 0. The predicted molar refractivity (Wildman–Crippen MR) is 23.4 cm³/mol. The van der Waals surface area contributed by atoms with Crippen LogP contribution in [0.2, 0.25) is 0 Å². The highest BCUT2D eigenvalue weighted by atomic mass is 16.6. The van der Waals surface area contributed by atoms with Crippen LogP contribution < -0.4 is 0 Å². The maximum atomic E-state index is 10.5. The van der Waals surface area contributed by atoms with E-state index in [-0.39, 0.29) is 12.3 Å². The average Bonchev–Trinajstić information content (AvgIpc) is 2.35. The van der Waals surface area contributed by atoms with Crippen LogP contribution in [-0.2, 0) is 11.3 Å². The van der Waals surface area contributed by atoms with Gasteiger partial charge in [0.05, 0.1) is 0 Å². The molecule has 2 rings (SSSR count). The van der Waals surface area contributed by atoms with Gasteiger partial charge in [-0.3, -0.25) is 0 Å². The first-order valence-corrected chi connectivity index (χ1v) is 2.36. The van der Waals surface area contributed by atoms with Crippen LogP contribution in [0.4, 0.5) is 0 Å². The number of carbonyl (C=O) groups is 1. The van der Waals surface area contributed by atoms with Gasteiger partial charge in [0, 0.05) is 0 Å². The van der Waals surface area contributed by atoms with E-state index in [0.29, 0.717) is 5.69 Å². The summed E-state index contributed by atoms with van der Waals surface area (Å²) in [6.07, 6.45) is 0. The summed E-state index contributed by atoms with van der Waals surface area (Å²) in [5, 5.41) is 6.73. The smallest absolute Gasteiger partial charge is 0.363 e. The van der Waals surface area contributed by atoms with Gasteiger partial charge in [-0.05, 0) is 5.16 Å². The molecule has 0 bridgehead atoms. The minimum atomic E-state index is -0.453. The molecule has 46 valence electrons. The minimum Gasteiger partial charge on any atom is -0.454 e. The van der Waals surface area contributed by atoms with Crippen LogP contribution in [0.1, 0.15) is 16.2 Å². The number of carbonyl (C=O) groups excluding carboxylic acids is 1. The Morgan fingerprint density at radius 3 is 3.11 bits per heavy atom. The third-order valence-electron chi connectivity index (χ3n) is 1.09. The highest BCUT2D eigenvalue weighted by molar-refractivity contribution is 5.90. The highest BCUT2D eigenvalue weighted by Gasteiger charge is 2.26. The molecular formula is C4H2N2O3. The lowest BCUT2D eigenvalue weighted by atomic mass is 10.4. The third-order valence-corrected chi connectivity index (χ3v) is 1.09. The van der Waals surface area contributed by atoms with Gasteiger partial charge in [-0.25, -0.2) is 9.42 Å². The van der Waals surface area contributed by atoms with E-state index in [2.05, 4.69) is 19.7 Å². The molecule has 1 aliphatic rings. The first-order chi connectivity index (χ1) is 4.38. The summed E-state index contributed by atoms with van der Waals surface area (Å²) >= 11 is 0. The number of fused-ring (bicyclic) bond motifs is 1. The zero-order valence-corrected chi connectivity index (χ0v) is 4.33. The van der Waals surface area contributed by atoms with Gasteiger partial charge >= 0.3 is 5.97 Å². The molecule has 5 heteroatoms. The molecule has 0 saturated heterocycles. The Morgan fingerprint density at radius 2 is 2.33 bits per heavy atom. The minimum absolute atomic E-state index is 0.192. The van der Waals surface area contributed by atoms with E-state index >= 15 is 0 Å². The van der Waals surface area contributed by atoms with Gasteiger partial charge in [0.15, 0.2) is 5.69 Å². The van der Waals surface area contributed by atoms with E-state index in [1.54, 1.807) is 0 Å². The van der Waals surface area contributed by atoms with Crippen molar-refractivity contribution in [1.82, 2.24) is 10.3 Å². The topological polar surface area (TPSA) is 65.2 Å². The van der Waals surface area contributed by atoms with E-state index in [9.17, 15) is 4.79 Å².